The van der Waals surface area contributed by atoms with Gasteiger partial charge in [-0.3, -0.25) is 0 Å². The standard InChI is InChI=1S/C28H28N2O/c1-4-31-21(2)30(3)26-17-15-22(16-18-26)25-19-27(23-11-7-5-8-12-23)29-28(20-25)24-13-9-6-10-14-24/h5-21H,4H2,1-3H3. The van der Waals surface area contributed by atoms with Crippen LogP contribution in [0.25, 0.3) is 33.6 Å². The topological polar surface area (TPSA) is 25.4 Å². The van der Waals surface area contributed by atoms with E-state index in [1.165, 1.54) is 0 Å². The first kappa shape index (κ1) is 20.8. The van der Waals surface area contributed by atoms with Crippen LogP contribution in [0.3, 0.4) is 0 Å². The Labute approximate surface area is 185 Å². The van der Waals surface area contributed by atoms with Crippen molar-refractivity contribution >= 4 is 5.69 Å². The van der Waals surface area contributed by atoms with Crippen LogP contribution in [0.1, 0.15) is 13.8 Å². The molecule has 0 fully saturated rings. The Hall–Kier alpha value is -3.43. The maximum absolute atomic E-state index is 5.72. The van der Waals surface area contributed by atoms with Crippen LogP contribution in [-0.2, 0) is 4.74 Å². The van der Waals surface area contributed by atoms with Crippen LogP contribution in [0.15, 0.2) is 97.1 Å². The van der Waals surface area contributed by atoms with Gasteiger partial charge in [0, 0.05) is 30.5 Å². The molecule has 3 nitrogen and oxygen atoms in total. The Morgan fingerprint density at radius 1 is 0.710 bits per heavy atom. The van der Waals surface area contributed by atoms with Crippen molar-refractivity contribution in [3.05, 3.63) is 97.1 Å². The molecular weight excluding hydrogens is 380 g/mol. The fourth-order valence-electron chi connectivity index (χ4n) is 3.66. The van der Waals surface area contributed by atoms with Gasteiger partial charge in [0.25, 0.3) is 0 Å². The van der Waals surface area contributed by atoms with Crippen LogP contribution in [0.5, 0.6) is 0 Å². The summed E-state index contributed by atoms with van der Waals surface area (Å²) in [7, 11) is 2.06. The highest BCUT2D eigenvalue weighted by atomic mass is 16.5. The van der Waals surface area contributed by atoms with Gasteiger partial charge in [-0.1, -0.05) is 72.8 Å². The van der Waals surface area contributed by atoms with Crippen molar-refractivity contribution in [2.24, 2.45) is 0 Å². The summed E-state index contributed by atoms with van der Waals surface area (Å²) in [6.07, 6.45) is 0.0335. The van der Waals surface area contributed by atoms with Crippen molar-refractivity contribution in [1.29, 1.82) is 0 Å². The van der Waals surface area contributed by atoms with E-state index < -0.39 is 0 Å². The molecule has 4 rings (SSSR count). The number of hydrogen-bond acceptors (Lipinski definition) is 3. The average Bonchev–Trinajstić information content (AvgIpc) is 2.84. The largest absolute Gasteiger partial charge is 0.359 e. The van der Waals surface area contributed by atoms with E-state index in [9.17, 15) is 0 Å². The fourth-order valence-corrected chi connectivity index (χ4v) is 3.66. The highest BCUT2D eigenvalue weighted by Crippen LogP contribution is 2.31. The molecule has 31 heavy (non-hydrogen) atoms. The number of rotatable bonds is 7. The van der Waals surface area contributed by atoms with Crippen LogP contribution in [0.2, 0.25) is 0 Å². The van der Waals surface area contributed by atoms with Gasteiger partial charge in [0.1, 0.15) is 6.23 Å². The molecule has 0 amide bonds. The maximum atomic E-state index is 5.72. The molecule has 0 spiro atoms. The number of benzene rings is 3. The zero-order valence-electron chi connectivity index (χ0n) is 18.3. The number of anilines is 1. The molecule has 0 N–H and O–H groups in total. The molecule has 1 aromatic heterocycles. The molecule has 1 unspecified atom stereocenters. The van der Waals surface area contributed by atoms with Crippen molar-refractivity contribution in [1.82, 2.24) is 4.98 Å². The molecule has 0 aliphatic heterocycles. The Morgan fingerprint density at radius 2 is 1.23 bits per heavy atom. The third-order valence-corrected chi connectivity index (χ3v) is 5.53. The molecule has 1 atom stereocenters. The van der Waals surface area contributed by atoms with Gasteiger partial charge >= 0.3 is 0 Å². The number of aromatic nitrogens is 1. The fraction of sp³-hybridized carbons (Fsp3) is 0.179. The zero-order chi connectivity index (χ0) is 21.6. The lowest BCUT2D eigenvalue weighted by atomic mass is 9.99. The van der Waals surface area contributed by atoms with E-state index in [1.807, 2.05) is 19.1 Å². The van der Waals surface area contributed by atoms with E-state index in [0.29, 0.717) is 6.61 Å². The van der Waals surface area contributed by atoms with E-state index in [2.05, 4.69) is 104 Å². The van der Waals surface area contributed by atoms with E-state index >= 15 is 0 Å². The molecule has 0 saturated heterocycles. The summed E-state index contributed by atoms with van der Waals surface area (Å²) in [4.78, 5) is 7.11. The predicted molar refractivity (Wildman–Crippen MR) is 130 cm³/mol. The molecule has 0 aliphatic rings. The summed E-state index contributed by atoms with van der Waals surface area (Å²) in [6, 6.07) is 33.7. The Kier molecular flexibility index (Phi) is 6.44. The van der Waals surface area contributed by atoms with E-state index in [0.717, 1.165) is 39.3 Å². The number of hydrogen-bond donors (Lipinski definition) is 0. The minimum absolute atomic E-state index is 0.0335. The maximum Gasteiger partial charge on any atom is 0.126 e. The van der Waals surface area contributed by atoms with Crippen LogP contribution in [0.4, 0.5) is 5.69 Å². The first-order valence-corrected chi connectivity index (χ1v) is 10.7. The number of ether oxygens (including phenoxy) is 1. The zero-order valence-corrected chi connectivity index (χ0v) is 18.3. The Morgan fingerprint density at radius 3 is 1.71 bits per heavy atom. The smallest absolute Gasteiger partial charge is 0.126 e. The third-order valence-electron chi connectivity index (χ3n) is 5.53. The monoisotopic (exact) mass is 408 g/mol. The van der Waals surface area contributed by atoms with E-state index in [-0.39, 0.29) is 6.23 Å². The van der Waals surface area contributed by atoms with Crippen LogP contribution in [0, 0.1) is 0 Å². The molecule has 0 bridgehead atoms. The van der Waals surface area contributed by atoms with Gasteiger partial charge in [-0.15, -0.1) is 0 Å². The molecule has 3 aromatic carbocycles. The minimum Gasteiger partial charge on any atom is -0.359 e. The molecule has 4 aromatic rings. The third kappa shape index (κ3) is 4.84. The van der Waals surface area contributed by atoms with E-state index in [1.54, 1.807) is 0 Å². The number of pyridine rings is 1. The van der Waals surface area contributed by atoms with Crippen molar-refractivity contribution in [3.8, 4) is 33.6 Å². The summed E-state index contributed by atoms with van der Waals surface area (Å²) in [5, 5.41) is 0. The van der Waals surface area contributed by atoms with Gasteiger partial charge in [0.2, 0.25) is 0 Å². The summed E-state index contributed by atoms with van der Waals surface area (Å²) >= 11 is 0. The van der Waals surface area contributed by atoms with Gasteiger partial charge in [0.15, 0.2) is 0 Å². The van der Waals surface area contributed by atoms with Gasteiger partial charge in [-0.25, -0.2) is 4.98 Å². The summed E-state index contributed by atoms with van der Waals surface area (Å²) in [5.74, 6) is 0. The predicted octanol–water partition coefficient (Wildman–Crippen LogP) is 6.90. The van der Waals surface area contributed by atoms with Crippen LogP contribution >= 0.6 is 0 Å². The summed E-state index contributed by atoms with van der Waals surface area (Å²) < 4.78 is 5.72. The second-order valence-corrected chi connectivity index (χ2v) is 7.57. The van der Waals surface area contributed by atoms with Gasteiger partial charge in [0.05, 0.1) is 11.4 Å². The Bertz CT molecular complexity index is 1050. The lowest BCUT2D eigenvalue weighted by Crippen LogP contribution is -2.31. The second kappa shape index (κ2) is 9.59. The second-order valence-electron chi connectivity index (χ2n) is 7.57. The van der Waals surface area contributed by atoms with Crippen molar-refractivity contribution in [2.45, 2.75) is 20.1 Å². The minimum atomic E-state index is 0.0335. The molecular formula is C28H28N2O. The molecule has 0 aliphatic carbocycles. The van der Waals surface area contributed by atoms with Crippen molar-refractivity contribution < 1.29 is 4.74 Å². The quantitative estimate of drug-likeness (QED) is 0.311. The average molecular weight is 409 g/mol. The lowest BCUT2D eigenvalue weighted by molar-refractivity contribution is 0.0772. The van der Waals surface area contributed by atoms with E-state index in [4.69, 9.17) is 9.72 Å². The normalized spacial score (nSPS) is 11.8. The highest BCUT2D eigenvalue weighted by molar-refractivity contribution is 5.77. The molecule has 3 heteroatoms. The SMILES string of the molecule is CCOC(C)N(C)c1ccc(-c2cc(-c3ccccc3)nc(-c3ccccc3)c2)cc1. The summed E-state index contributed by atoms with van der Waals surface area (Å²) in [5.41, 5.74) is 7.63. The van der Waals surface area contributed by atoms with Crippen molar-refractivity contribution in [2.75, 3.05) is 18.6 Å². The Balaban J connectivity index is 1.74. The molecule has 1 heterocycles. The van der Waals surface area contributed by atoms with Crippen LogP contribution < -0.4 is 4.90 Å². The molecule has 0 saturated carbocycles. The number of nitrogens with zero attached hydrogens (tertiary/aromatic N) is 2. The molecule has 156 valence electrons. The van der Waals surface area contributed by atoms with Crippen molar-refractivity contribution in [3.63, 3.8) is 0 Å². The first-order valence-electron chi connectivity index (χ1n) is 10.7. The van der Waals surface area contributed by atoms with Crippen LogP contribution in [-0.4, -0.2) is 24.9 Å². The first-order chi connectivity index (χ1) is 15.2. The van der Waals surface area contributed by atoms with Gasteiger partial charge < -0.3 is 9.64 Å². The summed E-state index contributed by atoms with van der Waals surface area (Å²) in [6.45, 7) is 4.79. The lowest BCUT2D eigenvalue weighted by Gasteiger charge is -2.26. The molecule has 0 radical (unpaired) electrons. The van der Waals surface area contributed by atoms with Gasteiger partial charge in [-0.2, -0.15) is 0 Å². The highest BCUT2D eigenvalue weighted by Gasteiger charge is 2.11. The van der Waals surface area contributed by atoms with Gasteiger partial charge in [-0.05, 0) is 49.2 Å².